The van der Waals surface area contributed by atoms with E-state index in [0.29, 0.717) is 18.7 Å². The van der Waals surface area contributed by atoms with Crippen molar-refractivity contribution in [3.05, 3.63) is 69.8 Å². The quantitative estimate of drug-likeness (QED) is 0.644. The Bertz CT molecular complexity index is 766. The average molecular weight is 356 g/mol. The van der Waals surface area contributed by atoms with Crippen LogP contribution in [0, 0.1) is 10.1 Å². The van der Waals surface area contributed by atoms with E-state index < -0.39 is 0 Å². The minimum Gasteiger partial charge on any atom is -0.497 e. The molecule has 136 valence electrons. The summed E-state index contributed by atoms with van der Waals surface area (Å²) < 4.78 is 5.12. The second-order valence-corrected chi connectivity index (χ2v) is 6.37. The lowest BCUT2D eigenvalue weighted by molar-refractivity contribution is -0.917. The van der Waals surface area contributed by atoms with E-state index >= 15 is 0 Å². The summed E-state index contributed by atoms with van der Waals surface area (Å²) in [5.74, 6) is 0.779. The zero-order valence-electron chi connectivity index (χ0n) is 14.7. The van der Waals surface area contributed by atoms with E-state index in [1.54, 1.807) is 43.5 Å². The third-order valence-electron chi connectivity index (χ3n) is 4.70. The van der Waals surface area contributed by atoms with Crippen LogP contribution in [0.15, 0.2) is 48.5 Å². The number of amides is 1. The summed E-state index contributed by atoms with van der Waals surface area (Å²) in [5, 5.41) is 10.7. The molecule has 26 heavy (non-hydrogen) atoms. The van der Waals surface area contributed by atoms with Gasteiger partial charge in [0.15, 0.2) is 0 Å². The number of non-ortho nitro benzene ring substituents is 1. The highest BCUT2D eigenvalue weighted by Gasteiger charge is 2.24. The molecule has 1 fully saturated rings. The van der Waals surface area contributed by atoms with Crippen molar-refractivity contribution in [3.8, 4) is 5.75 Å². The smallest absolute Gasteiger partial charge is 0.269 e. The summed E-state index contributed by atoms with van der Waals surface area (Å²) in [6.45, 7) is 3.93. The average Bonchev–Trinajstić information content (AvgIpc) is 2.68. The first-order valence-corrected chi connectivity index (χ1v) is 8.57. The second-order valence-electron chi connectivity index (χ2n) is 6.37. The van der Waals surface area contributed by atoms with Gasteiger partial charge in [-0.1, -0.05) is 0 Å². The number of rotatable bonds is 5. The lowest BCUT2D eigenvalue weighted by atomic mass is 10.1. The first-order valence-electron chi connectivity index (χ1n) is 8.57. The van der Waals surface area contributed by atoms with Gasteiger partial charge in [-0.3, -0.25) is 14.9 Å². The van der Waals surface area contributed by atoms with Crippen molar-refractivity contribution in [1.82, 2.24) is 4.90 Å². The number of hydrogen-bond acceptors (Lipinski definition) is 4. The van der Waals surface area contributed by atoms with Crippen molar-refractivity contribution in [2.75, 3.05) is 33.3 Å². The number of quaternary nitrogens is 1. The van der Waals surface area contributed by atoms with E-state index in [9.17, 15) is 14.9 Å². The third kappa shape index (κ3) is 4.18. The molecule has 0 unspecified atom stereocenters. The number of piperazine rings is 1. The maximum absolute atomic E-state index is 12.6. The highest BCUT2D eigenvalue weighted by molar-refractivity contribution is 5.94. The molecule has 1 amide bonds. The Hall–Kier alpha value is -2.93. The Morgan fingerprint density at radius 1 is 1.12 bits per heavy atom. The molecule has 0 aromatic heterocycles. The van der Waals surface area contributed by atoms with E-state index in [4.69, 9.17) is 4.74 Å². The van der Waals surface area contributed by atoms with Crippen LogP contribution in [0.25, 0.3) is 0 Å². The van der Waals surface area contributed by atoms with Gasteiger partial charge in [-0.05, 0) is 36.4 Å². The van der Waals surface area contributed by atoms with Crippen molar-refractivity contribution in [1.29, 1.82) is 0 Å². The number of ether oxygens (including phenoxy) is 1. The molecule has 0 radical (unpaired) electrons. The summed E-state index contributed by atoms with van der Waals surface area (Å²) >= 11 is 0. The third-order valence-corrected chi connectivity index (χ3v) is 4.70. The van der Waals surface area contributed by atoms with Gasteiger partial charge in [0.05, 0.1) is 38.2 Å². The Labute approximate surface area is 151 Å². The maximum atomic E-state index is 12.6. The Morgan fingerprint density at radius 3 is 2.27 bits per heavy atom. The van der Waals surface area contributed by atoms with Gasteiger partial charge < -0.3 is 14.5 Å². The van der Waals surface area contributed by atoms with Gasteiger partial charge in [0, 0.05) is 23.3 Å². The zero-order valence-corrected chi connectivity index (χ0v) is 14.7. The van der Waals surface area contributed by atoms with Gasteiger partial charge in [-0.2, -0.15) is 0 Å². The summed E-state index contributed by atoms with van der Waals surface area (Å²) in [5.41, 5.74) is 1.85. The number of nitrogens with one attached hydrogen (secondary N) is 1. The number of carbonyl (C=O) groups is 1. The molecule has 1 N–H and O–H groups in total. The van der Waals surface area contributed by atoms with Gasteiger partial charge in [-0.25, -0.2) is 0 Å². The molecule has 7 nitrogen and oxygen atoms in total. The molecular formula is C19H22N3O4+. The molecular weight excluding hydrogens is 334 g/mol. The first-order chi connectivity index (χ1) is 12.6. The molecule has 2 aromatic carbocycles. The summed E-state index contributed by atoms with van der Waals surface area (Å²) in [4.78, 5) is 26.1. The molecule has 3 rings (SSSR count). The predicted octanol–water partition coefficient (Wildman–Crippen LogP) is 1.14. The van der Waals surface area contributed by atoms with E-state index in [1.165, 1.54) is 17.0 Å². The number of methoxy groups -OCH3 is 1. The summed E-state index contributed by atoms with van der Waals surface area (Å²) in [7, 11) is 1.60. The fraction of sp³-hybridized carbons (Fsp3) is 0.316. The molecule has 2 aromatic rings. The van der Waals surface area contributed by atoms with E-state index in [0.717, 1.165) is 30.9 Å². The zero-order chi connectivity index (χ0) is 18.5. The number of nitro benzene ring substituents is 1. The largest absolute Gasteiger partial charge is 0.497 e. The van der Waals surface area contributed by atoms with Crippen molar-refractivity contribution in [2.45, 2.75) is 6.54 Å². The van der Waals surface area contributed by atoms with Crippen LogP contribution in [0.3, 0.4) is 0 Å². The van der Waals surface area contributed by atoms with Gasteiger partial charge >= 0.3 is 0 Å². The number of nitrogens with zero attached hydrogens (tertiary/aromatic N) is 2. The number of benzene rings is 2. The fourth-order valence-electron chi connectivity index (χ4n) is 3.14. The number of hydrogen-bond donors (Lipinski definition) is 1. The van der Waals surface area contributed by atoms with Gasteiger partial charge in [0.25, 0.3) is 11.6 Å². The molecule has 0 atom stereocenters. The Kier molecular flexibility index (Phi) is 5.48. The van der Waals surface area contributed by atoms with Crippen LogP contribution in [0.5, 0.6) is 5.75 Å². The maximum Gasteiger partial charge on any atom is 0.269 e. The number of nitro groups is 1. The number of carbonyl (C=O) groups excluding carboxylic acids is 1. The minimum absolute atomic E-state index is 0.0436. The van der Waals surface area contributed by atoms with E-state index in [-0.39, 0.29) is 16.5 Å². The molecule has 1 saturated heterocycles. The van der Waals surface area contributed by atoms with Gasteiger partial charge in [-0.15, -0.1) is 0 Å². The second kappa shape index (κ2) is 7.97. The van der Waals surface area contributed by atoms with E-state index in [2.05, 4.69) is 0 Å². The van der Waals surface area contributed by atoms with Crippen molar-refractivity contribution in [3.63, 3.8) is 0 Å². The van der Waals surface area contributed by atoms with Crippen LogP contribution in [0.2, 0.25) is 0 Å². The van der Waals surface area contributed by atoms with Crippen molar-refractivity contribution >= 4 is 11.6 Å². The molecule has 0 aliphatic carbocycles. The predicted molar refractivity (Wildman–Crippen MR) is 96.4 cm³/mol. The molecule has 1 heterocycles. The van der Waals surface area contributed by atoms with Crippen LogP contribution in [-0.2, 0) is 6.54 Å². The molecule has 1 aliphatic heterocycles. The van der Waals surface area contributed by atoms with Crippen LogP contribution in [0.1, 0.15) is 15.9 Å². The standard InChI is InChI=1S/C19H21N3O4/c1-26-18-8-4-16(5-9-18)19(23)21-12-10-20(11-13-21)14-15-2-6-17(7-3-15)22(24)25/h2-9H,10-14H2,1H3/p+1. The molecule has 0 saturated carbocycles. The highest BCUT2D eigenvalue weighted by atomic mass is 16.6. The Morgan fingerprint density at radius 2 is 1.73 bits per heavy atom. The topological polar surface area (TPSA) is 77.1 Å². The minimum atomic E-state index is -0.389. The van der Waals surface area contributed by atoms with Crippen molar-refractivity contribution < 1.29 is 19.4 Å². The summed E-state index contributed by atoms with van der Waals surface area (Å²) in [6, 6.07) is 13.9. The van der Waals surface area contributed by atoms with E-state index in [1.807, 2.05) is 4.90 Å². The molecule has 0 spiro atoms. The highest BCUT2D eigenvalue weighted by Crippen LogP contribution is 2.14. The van der Waals surface area contributed by atoms with Gasteiger partial charge in [0.2, 0.25) is 0 Å². The SMILES string of the molecule is COc1ccc(C(=O)N2CC[NH+](Cc3ccc([N+](=O)[O-])cc3)CC2)cc1. The molecule has 1 aliphatic rings. The lowest BCUT2D eigenvalue weighted by Crippen LogP contribution is -3.13. The lowest BCUT2D eigenvalue weighted by Gasteiger charge is -2.32. The molecule has 0 bridgehead atoms. The Balaban J connectivity index is 1.53. The van der Waals surface area contributed by atoms with Gasteiger partial charge in [0.1, 0.15) is 12.3 Å². The van der Waals surface area contributed by atoms with Crippen LogP contribution in [0.4, 0.5) is 5.69 Å². The van der Waals surface area contributed by atoms with Crippen molar-refractivity contribution in [2.24, 2.45) is 0 Å². The summed E-state index contributed by atoms with van der Waals surface area (Å²) in [6.07, 6.45) is 0. The monoisotopic (exact) mass is 356 g/mol. The fourth-order valence-corrected chi connectivity index (χ4v) is 3.14. The van der Waals surface area contributed by atoms with Crippen LogP contribution < -0.4 is 9.64 Å². The first kappa shape index (κ1) is 17.9. The normalized spacial score (nSPS) is 14.9. The van der Waals surface area contributed by atoms with Crippen LogP contribution >= 0.6 is 0 Å². The molecule has 7 heteroatoms. The van der Waals surface area contributed by atoms with Crippen LogP contribution in [-0.4, -0.2) is 49.0 Å².